The molecule has 0 saturated carbocycles. The first kappa shape index (κ1) is 17.4. The number of carbonyl (C=O) groups is 1. The number of nitrogens with zero attached hydrogens (tertiary/aromatic N) is 1. The Kier molecular flexibility index (Phi) is 6.86. The highest BCUT2D eigenvalue weighted by atomic mass is 16.4. The van der Waals surface area contributed by atoms with E-state index in [4.69, 9.17) is 0 Å². The molecule has 0 radical (unpaired) electrons. The number of hydrogen-bond acceptors (Lipinski definition) is 3. The Morgan fingerprint density at radius 1 is 1.28 bits per heavy atom. The van der Waals surface area contributed by atoms with Crippen LogP contribution in [0.1, 0.15) is 53.9 Å². The minimum Gasteiger partial charge on any atom is -0.480 e. The Morgan fingerprint density at radius 2 is 1.83 bits per heavy atom. The molecule has 0 fully saturated rings. The molecule has 108 valence electrons. The summed E-state index contributed by atoms with van der Waals surface area (Å²) in [7, 11) is 2.06. The van der Waals surface area contributed by atoms with Crippen molar-refractivity contribution in [3.8, 4) is 0 Å². The predicted molar refractivity (Wildman–Crippen MR) is 76.0 cm³/mol. The van der Waals surface area contributed by atoms with Crippen LogP contribution in [0.5, 0.6) is 0 Å². The highest BCUT2D eigenvalue weighted by Crippen LogP contribution is 2.19. The first-order chi connectivity index (χ1) is 8.19. The minimum atomic E-state index is -0.825. The van der Waals surface area contributed by atoms with Crippen molar-refractivity contribution in [1.82, 2.24) is 10.2 Å². The summed E-state index contributed by atoms with van der Waals surface area (Å²) in [5.41, 5.74) is -0.710. The number of carboxylic acids is 1. The lowest BCUT2D eigenvalue weighted by Crippen LogP contribution is -2.53. The Bertz CT molecular complexity index is 267. The second-order valence-electron chi connectivity index (χ2n) is 5.90. The van der Waals surface area contributed by atoms with Crippen LogP contribution in [0.3, 0.4) is 0 Å². The molecule has 1 unspecified atom stereocenters. The summed E-state index contributed by atoms with van der Waals surface area (Å²) in [4.78, 5) is 13.6. The Hall–Kier alpha value is -0.610. The van der Waals surface area contributed by atoms with Gasteiger partial charge in [-0.3, -0.25) is 4.79 Å². The van der Waals surface area contributed by atoms with Crippen molar-refractivity contribution in [3.05, 3.63) is 0 Å². The molecule has 0 heterocycles. The van der Waals surface area contributed by atoms with Crippen LogP contribution in [0.2, 0.25) is 0 Å². The Morgan fingerprint density at radius 3 is 2.22 bits per heavy atom. The first-order valence-corrected chi connectivity index (χ1v) is 6.89. The van der Waals surface area contributed by atoms with Crippen LogP contribution in [0.15, 0.2) is 0 Å². The summed E-state index contributed by atoms with van der Waals surface area (Å²) in [5, 5.41) is 12.5. The summed E-state index contributed by atoms with van der Waals surface area (Å²) in [6.07, 6.45) is 2.61. The number of nitrogens with one attached hydrogen (secondary N) is 1. The van der Waals surface area contributed by atoms with Gasteiger partial charge in [-0.2, -0.15) is 0 Å². The number of carboxylic acid groups (broad SMARTS) is 1. The summed E-state index contributed by atoms with van der Waals surface area (Å²) >= 11 is 0. The van der Waals surface area contributed by atoms with Crippen LogP contribution in [-0.2, 0) is 4.79 Å². The largest absolute Gasteiger partial charge is 0.480 e. The predicted octanol–water partition coefficient (Wildman–Crippen LogP) is 2.34. The quantitative estimate of drug-likeness (QED) is 0.666. The van der Waals surface area contributed by atoms with E-state index in [-0.39, 0.29) is 5.54 Å². The van der Waals surface area contributed by atoms with Crippen molar-refractivity contribution in [3.63, 3.8) is 0 Å². The van der Waals surface area contributed by atoms with E-state index in [0.29, 0.717) is 6.42 Å². The lowest BCUT2D eigenvalue weighted by atomic mass is 9.94. The van der Waals surface area contributed by atoms with E-state index < -0.39 is 11.5 Å². The maximum Gasteiger partial charge on any atom is 0.323 e. The molecule has 0 aliphatic carbocycles. The van der Waals surface area contributed by atoms with Gasteiger partial charge in [0.2, 0.25) is 0 Å². The second kappa shape index (κ2) is 7.10. The van der Waals surface area contributed by atoms with E-state index in [2.05, 4.69) is 38.0 Å². The maximum absolute atomic E-state index is 11.4. The second-order valence-corrected chi connectivity index (χ2v) is 5.90. The highest BCUT2D eigenvalue weighted by Gasteiger charge is 2.33. The zero-order valence-electron chi connectivity index (χ0n) is 12.8. The number of rotatable bonds is 9. The topological polar surface area (TPSA) is 52.6 Å². The Labute approximate surface area is 112 Å². The average molecular weight is 258 g/mol. The van der Waals surface area contributed by atoms with Gasteiger partial charge in [0.1, 0.15) is 5.54 Å². The fourth-order valence-electron chi connectivity index (χ4n) is 1.64. The van der Waals surface area contributed by atoms with Gasteiger partial charge in [-0.1, -0.05) is 13.8 Å². The average Bonchev–Trinajstić information content (AvgIpc) is 2.32. The van der Waals surface area contributed by atoms with Gasteiger partial charge in [-0.15, -0.1) is 0 Å². The van der Waals surface area contributed by atoms with Crippen molar-refractivity contribution < 1.29 is 9.90 Å². The molecule has 2 N–H and O–H groups in total. The van der Waals surface area contributed by atoms with Gasteiger partial charge in [0.25, 0.3) is 0 Å². The van der Waals surface area contributed by atoms with Crippen LogP contribution in [0, 0.1) is 0 Å². The molecule has 0 amide bonds. The summed E-state index contributed by atoms with van der Waals surface area (Å²) in [6.45, 7) is 11.9. The van der Waals surface area contributed by atoms with E-state index in [9.17, 15) is 9.90 Å². The standard InChI is InChI=1S/C14H30N2O2/c1-7-10-15-14(5,12(17)18)9-11-16(6)13(3,4)8-2/h15H,7-11H2,1-6H3,(H,17,18). The van der Waals surface area contributed by atoms with Crippen LogP contribution < -0.4 is 5.32 Å². The molecule has 4 heteroatoms. The Balaban J connectivity index is 4.49. The van der Waals surface area contributed by atoms with Gasteiger partial charge in [0.15, 0.2) is 0 Å². The van der Waals surface area contributed by atoms with Gasteiger partial charge in [-0.25, -0.2) is 0 Å². The molecule has 0 rings (SSSR count). The fourth-order valence-corrected chi connectivity index (χ4v) is 1.64. The van der Waals surface area contributed by atoms with E-state index in [1.54, 1.807) is 6.92 Å². The molecule has 1 atom stereocenters. The SMILES string of the molecule is CCCNC(C)(CCN(C)C(C)(C)CC)C(=O)O. The fraction of sp³-hybridized carbons (Fsp3) is 0.929. The lowest BCUT2D eigenvalue weighted by molar-refractivity contribution is -0.144. The molecule has 0 saturated heterocycles. The molecule has 0 bridgehead atoms. The minimum absolute atomic E-state index is 0.115. The van der Waals surface area contributed by atoms with Gasteiger partial charge in [0.05, 0.1) is 0 Å². The third-order valence-corrected chi connectivity index (χ3v) is 4.08. The number of aliphatic carboxylic acids is 1. The highest BCUT2D eigenvalue weighted by molar-refractivity contribution is 5.78. The van der Waals surface area contributed by atoms with E-state index >= 15 is 0 Å². The molecule has 0 aromatic heterocycles. The van der Waals surface area contributed by atoms with Gasteiger partial charge < -0.3 is 15.3 Å². The van der Waals surface area contributed by atoms with Crippen molar-refractivity contribution >= 4 is 5.97 Å². The zero-order valence-corrected chi connectivity index (χ0v) is 12.8. The molecular formula is C14H30N2O2. The van der Waals surface area contributed by atoms with Gasteiger partial charge >= 0.3 is 5.97 Å². The van der Waals surface area contributed by atoms with Crippen molar-refractivity contribution in [2.45, 2.75) is 65.0 Å². The monoisotopic (exact) mass is 258 g/mol. The molecule has 4 nitrogen and oxygen atoms in total. The van der Waals surface area contributed by atoms with E-state index in [0.717, 1.165) is 25.9 Å². The van der Waals surface area contributed by atoms with Crippen LogP contribution >= 0.6 is 0 Å². The van der Waals surface area contributed by atoms with Crippen LogP contribution in [0.25, 0.3) is 0 Å². The van der Waals surface area contributed by atoms with E-state index in [1.165, 1.54) is 0 Å². The third kappa shape index (κ3) is 4.94. The number of hydrogen-bond donors (Lipinski definition) is 2. The summed E-state index contributed by atoms with van der Waals surface area (Å²) in [5.74, 6) is -0.765. The molecule has 0 spiro atoms. The third-order valence-electron chi connectivity index (χ3n) is 4.08. The molecule has 18 heavy (non-hydrogen) atoms. The van der Waals surface area contributed by atoms with Gasteiger partial charge in [-0.05, 0) is 53.6 Å². The molecule has 0 aromatic rings. The van der Waals surface area contributed by atoms with Crippen molar-refractivity contribution in [2.24, 2.45) is 0 Å². The van der Waals surface area contributed by atoms with Crippen LogP contribution in [0.4, 0.5) is 0 Å². The summed E-state index contributed by atoms with van der Waals surface area (Å²) < 4.78 is 0. The maximum atomic E-state index is 11.4. The zero-order chi connectivity index (χ0) is 14.4. The normalized spacial score (nSPS) is 15.7. The van der Waals surface area contributed by atoms with E-state index in [1.807, 2.05) is 6.92 Å². The molecule has 0 aliphatic rings. The summed E-state index contributed by atoms with van der Waals surface area (Å²) in [6, 6.07) is 0. The first-order valence-electron chi connectivity index (χ1n) is 6.89. The molecule has 0 aliphatic heterocycles. The van der Waals surface area contributed by atoms with Crippen molar-refractivity contribution in [2.75, 3.05) is 20.1 Å². The smallest absolute Gasteiger partial charge is 0.323 e. The van der Waals surface area contributed by atoms with Crippen molar-refractivity contribution in [1.29, 1.82) is 0 Å². The van der Waals surface area contributed by atoms with Crippen LogP contribution in [-0.4, -0.2) is 47.2 Å². The molecule has 0 aromatic carbocycles. The lowest BCUT2D eigenvalue weighted by Gasteiger charge is -2.37. The van der Waals surface area contributed by atoms with Gasteiger partial charge in [0, 0.05) is 12.1 Å². The molecular weight excluding hydrogens is 228 g/mol.